The number of thiol groups is 1. The number of likely N-dealkylation sites (N-methyl/N-ethyl adjacent to an activating group) is 1. The fourth-order valence-corrected chi connectivity index (χ4v) is 1.28. The van der Waals surface area contributed by atoms with Crippen LogP contribution in [0.1, 0.15) is 10.4 Å². The summed E-state index contributed by atoms with van der Waals surface area (Å²) in [5.41, 5.74) is 5.50. The molecule has 1 rings (SSSR count). The Kier molecular flexibility index (Phi) is 3.74. The molecular weight excluding hydrogens is 212 g/mol. The van der Waals surface area contributed by atoms with E-state index in [1.807, 2.05) is 0 Å². The van der Waals surface area contributed by atoms with E-state index in [1.165, 1.54) is 11.9 Å². The van der Waals surface area contributed by atoms with Crippen LogP contribution < -0.4 is 5.73 Å². The molecule has 0 atom stereocenters. The van der Waals surface area contributed by atoms with E-state index in [1.54, 1.807) is 24.3 Å². The van der Waals surface area contributed by atoms with Crippen LogP contribution in [-0.2, 0) is 4.79 Å². The first-order valence-corrected chi connectivity index (χ1v) is 4.78. The van der Waals surface area contributed by atoms with Gasteiger partial charge in [0.25, 0.3) is 5.91 Å². The number of primary amides is 1. The van der Waals surface area contributed by atoms with E-state index < -0.39 is 5.91 Å². The molecule has 1 aromatic rings. The van der Waals surface area contributed by atoms with Crippen LogP contribution in [0.3, 0.4) is 0 Å². The number of carbonyl (C=O) groups is 2. The largest absolute Gasteiger partial charge is 0.368 e. The third-order valence-electron chi connectivity index (χ3n) is 1.85. The molecule has 15 heavy (non-hydrogen) atoms. The highest BCUT2D eigenvalue weighted by Gasteiger charge is 2.12. The van der Waals surface area contributed by atoms with Gasteiger partial charge < -0.3 is 10.6 Å². The van der Waals surface area contributed by atoms with Crippen molar-refractivity contribution in [1.29, 1.82) is 0 Å². The summed E-state index contributed by atoms with van der Waals surface area (Å²) < 4.78 is 0. The molecule has 0 aliphatic carbocycles. The zero-order valence-corrected chi connectivity index (χ0v) is 9.20. The van der Waals surface area contributed by atoms with Gasteiger partial charge in [-0.15, -0.1) is 12.6 Å². The van der Waals surface area contributed by atoms with Crippen molar-refractivity contribution < 1.29 is 9.59 Å². The van der Waals surface area contributed by atoms with Crippen LogP contribution in [0.5, 0.6) is 0 Å². The van der Waals surface area contributed by atoms with E-state index in [4.69, 9.17) is 5.73 Å². The van der Waals surface area contributed by atoms with Crippen LogP contribution in [0.4, 0.5) is 0 Å². The lowest BCUT2D eigenvalue weighted by atomic mass is 10.2. The molecule has 0 saturated heterocycles. The molecule has 2 N–H and O–H groups in total. The molecule has 0 aliphatic rings. The number of hydrogen-bond donors (Lipinski definition) is 2. The van der Waals surface area contributed by atoms with Gasteiger partial charge in [-0.3, -0.25) is 9.59 Å². The Hall–Kier alpha value is -1.49. The average molecular weight is 224 g/mol. The highest BCUT2D eigenvalue weighted by Crippen LogP contribution is 2.09. The van der Waals surface area contributed by atoms with Gasteiger partial charge >= 0.3 is 0 Å². The molecule has 0 spiro atoms. The number of rotatable bonds is 3. The molecule has 0 saturated carbocycles. The Morgan fingerprint density at radius 1 is 1.33 bits per heavy atom. The Morgan fingerprint density at radius 3 is 2.33 bits per heavy atom. The van der Waals surface area contributed by atoms with Crippen molar-refractivity contribution in [3.8, 4) is 0 Å². The van der Waals surface area contributed by atoms with Crippen molar-refractivity contribution in [1.82, 2.24) is 4.90 Å². The quantitative estimate of drug-likeness (QED) is 0.736. The van der Waals surface area contributed by atoms with Crippen molar-refractivity contribution >= 4 is 24.4 Å². The summed E-state index contributed by atoms with van der Waals surface area (Å²) in [6.07, 6.45) is 0. The minimum Gasteiger partial charge on any atom is -0.368 e. The number of amides is 2. The summed E-state index contributed by atoms with van der Waals surface area (Å²) >= 11 is 4.11. The lowest BCUT2D eigenvalue weighted by molar-refractivity contribution is -0.118. The highest BCUT2D eigenvalue weighted by molar-refractivity contribution is 7.80. The molecule has 0 radical (unpaired) electrons. The van der Waals surface area contributed by atoms with Gasteiger partial charge in [0.2, 0.25) is 5.91 Å². The second-order valence-corrected chi connectivity index (χ2v) is 3.69. The average Bonchev–Trinajstić information content (AvgIpc) is 2.17. The monoisotopic (exact) mass is 224 g/mol. The van der Waals surface area contributed by atoms with Crippen LogP contribution in [0, 0.1) is 0 Å². The van der Waals surface area contributed by atoms with Crippen LogP contribution in [0.2, 0.25) is 0 Å². The van der Waals surface area contributed by atoms with Crippen molar-refractivity contribution in [3.05, 3.63) is 29.8 Å². The van der Waals surface area contributed by atoms with Gasteiger partial charge in [-0.1, -0.05) is 0 Å². The number of hydrogen-bond acceptors (Lipinski definition) is 3. The minimum atomic E-state index is -0.531. The molecule has 2 amide bonds. The van der Waals surface area contributed by atoms with E-state index in [-0.39, 0.29) is 12.5 Å². The van der Waals surface area contributed by atoms with Crippen molar-refractivity contribution in [2.75, 3.05) is 13.6 Å². The molecule has 0 bridgehead atoms. The first-order valence-electron chi connectivity index (χ1n) is 4.33. The van der Waals surface area contributed by atoms with E-state index >= 15 is 0 Å². The number of nitrogens with two attached hydrogens (primary N) is 1. The molecule has 0 heterocycles. The topological polar surface area (TPSA) is 63.4 Å². The number of carbonyl (C=O) groups excluding carboxylic acids is 2. The van der Waals surface area contributed by atoms with Crippen LogP contribution in [-0.4, -0.2) is 30.3 Å². The summed E-state index contributed by atoms with van der Waals surface area (Å²) in [4.78, 5) is 24.4. The van der Waals surface area contributed by atoms with Crippen LogP contribution in [0.15, 0.2) is 29.2 Å². The summed E-state index contributed by atoms with van der Waals surface area (Å²) in [5.74, 6) is -0.765. The van der Waals surface area contributed by atoms with Gasteiger partial charge in [0.15, 0.2) is 0 Å². The van der Waals surface area contributed by atoms with Crippen LogP contribution >= 0.6 is 12.6 Å². The molecule has 1 aromatic carbocycles. The molecular formula is C10H12N2O2S. The Bertz CT molecular complexity index is 376. The third-order valence-corrected chi connectivity index (χ3v) is 2.15. The van der Waals surface area contributed by atoms with Gasteiger partial charge in [-0.05, 0) is 24.3 Å². The highest BCUT2D eigenvalue weighted by atomic mass is 32.1. The second-order valence-electron chi connectivity index (χ2n) is 3.17. The molecule has 5 heteroatoms. The van der Waals surface area contributed by atoms with Crippen molar-refractivity contribution in [3.63, 3.8) is 0 Å². The predicted octanol–water partition coefficient (Wildman–Crippen LogP) is 0.533. The summed E-state index contributed by atoms with van der Waals surface area (Å²) in [5, 5.41) is 0. The fraction of sp³-hybridized carbons (Fsp3) is 0.200. The maximum Gasteiger partial charge on any atom is 0.254 e. The smallest absolute Gasteiger partial charge is 0.254 e. The molecule has 0 fully saturated rings. The number of benzene rings is 1. The van der Waals surface area contributed by atoms with Gasteiger partial charge in [0, 0.05) is 17.5 Å². The predicted molar refractivity (Wildman–Crippen MR) is 59.8 cm³/mol. The normalized spacial score (nSPS) is 9.73. The van der Waals surface area contributed by atoms with E-state index in [0.29, 0.717) is 5.56 Å². The van der Waals surface area contributed by atoms with Gasteiger partial charge in [0.05, 0.1) is 6.54 Å². The molecule has 4 nitrogen and oxygen atoms in total. The third kappa shape index (κ3) is 3.28. The number of nitrogens with zero attached hydrogens (tertiary/aromatic N) is 1. The maximum atomic E-state index is 11.7. The summed E-state index contributed by atoms with van der Waals surface area (Å²) in [6.45, 7) is -0.0819. The Morgan fingerprint density at radius 2 is 1.87 bits per heavy atom. The van der Waals surface area contributed by atoms with E-state index in [2.05, 4.69) is 12.6 Å². The first kappa shape index (κ1) is 11.6. The standard InChI is InChI=1S/C10H12N2O2S/c1-12(6-9(11)13)10(14)7-2-4-8(15)5-3-7/h2-5,15H,6H2,1H3,(H2,11,13). The van der Waals surface area contributed by atoms with Gasteiger partial charge in [0.1, 0.15) is 0 Å². The fourth-order valence-electron chi connectivity index (χ4n) is 1.13. The van der Waals surface area contributed by atoms with E-state index in [0.717, 1.165) is 4.90 Å². The molecule has 0 unspecified atom stereocenters. The lowest BCUT2D eigenvalue weighted by Crippen LogP contribution is -2.35. The van der Waals surface area contributed by atoms with Crippen LogP contribution in [0.25, 0.3) is 0 Å². The van der Waals surface area contributed by atoms with Gasteiger partial charge in [-0.25, -0.2) is 0 Å². The molecule has 80 valence electrons. The summed E-state index contributed by atoms with van der Waals surface area (Å²) in [7, 11) is 1.53. The zero-order valence-electron chi connectivity index (χ0n) is 8.30. The van der Waals surface area contributed by atoms with E-state index in [9.17, 15) is 9.59 Å². The zero-order chi connectivity index (χ0) is 11.4. The molecule has 0 aliphatic heterocycles. The first-order chi connectivity index (χ1) is 7.00. The van der Waals surface area contributed by atoms with Crippen molar-refractivity contribution in [2.45, 2.75) is 4.90 Å². The van der Waals surface area contributed by atoms with Crippen molar-refractivity contribution in [2.24, 2.45) is 5.73 Å². The SMILES string of the molecule is CN(CC(N)=O)C(=O)c1ccc(S)cc1. The Balaban J connectivity index is 2.76. The summed E-state index contributed by atoms with van der Waals surface area (Å²) in [6, 6.07) is 6.74. The lowest BCUT2D eigenvalue weighted by Gasteiger charge is -2.14. The maximum absolute atomic E-state index is 11.7. The second kappa shape index (κ2) is 4.84. The molecule has 0 aromatic heterocycles. The Labute approximate surface area is 93.5 Å². The van der Waals surface area contributed by atoms with Gasteiger partial charge in [-0.2, -0.15) is 0 Å². The minimum absolute atomic E-state index is 0.0819.